The molecular formula is C17H20N2O. The number of nitrogens with one attached hydrogen (secondary N) is 1. The molecule has 0 aromatic heterocycles. The number of aryl methyl sites for hydroxylation is 2. The van der Waals surface area contributed by atoms with Gasteiger partial charge in [-0.3, -0.25) is 4.79 Å². The molecule has 2 aromatic rings. The van der Waals surface area contributed by atoms with Crippen LogP contribution >= 0.6 is 0 Å². The van der Waals surface area contributed by atoms with Crippen LogP contribution in [0.15, 0.2) is 42.5 Å². The minimum Gasteiger partial charge on any atom is -0.399 e. The second kappa shape index (κ2) is 6.24. The SMILES string of the molecule is Cc1ccc(CC(=O)NCc2cccc(N)c2)cc1C. The zero-order valence-electron chi connectivity index (χ0n) is 11.9. The highest BCUT2D eigenvalue weighted by Crippen LogP contribution is 2.10. The maximum Gasteiger partial charge on any atom is 0.224 e. The van der Waals surface area contributed by atoms with Crippen LogP contribution in [0, 0.1) is 13.8 Å². The summed E-state index contributed by atoms with van der Waals surface area (Å²) >= 11 is 0. The van der Waals surface area contributed by atoms with Gasteiger partial charge < -0.3 is 11.1 Å². The predicted octanol–water partition coefficient (Wildman–Crippen LogP) is 2.74. The molecule has 0 aliphatic rings. The van der Waals surface area contributed by atoms with Crippen molar-refractivity contribution in [1.82, 2.24) is 5.32 Å². The second-order valence-electron chi connectivity index (χ2n) is 5.12. The lowest BCUT2D eigenvalue weighted by molar-refractivity contribution is -0.120. The van der Waals surface area contributed by atoms with Gasteiger partial charge in [0.2, 0.25) is 5.91 Å². The molecule has 0 unspecified atom stereocenters. The van der Waals surface area contributed by atoms with Crippen molar-refractivity contribution in [3.8, 4) is 0 Å². The van der Waals surface area contributed by atoms with Crippen LogP contribution in [0.25, 0.3) is 0 Å². The summed E-state index contributed by atoms with van der Waals surface area (Å²) in [6.45, 7) is 4.64. The molecule has 0 fully saturated rings. The van der Waals surface area contributed by atoms with Gasteiger partial charge in [-0.1, -0.05) is 30.3 Å². The third-order valence-corrected chi connectivity index (χ3v) is 3.38. The Morgan fingerprint density at radius 2 is 1.85 bits per heavy atom. The molecule has 0 saturated heterocycles. The van der Waals surface area contributed by atoms with E-state index in [0.717, 1.165) is 11.1 Å². The van der Waals surface area contributed by atoms with Crippen molar-refractivity contribution in [2.45, 2.75) is 26.8 Å². The zero-order chi connectivity index (χ0) is 14.5. The van der Waals surface area contributed by atoms with Crippen LogP contribution in [0.2, 0.25) is 0 Å². The Balaban J connectivity index is 1.91. The molecule has 0 aliphatic carbocycles. The molecule has 1 amide bonds. The number of hydrogen-bond acceptors (Lipinski definition) is 2. The number of nitrogens with two attached hydrogens (primary N) is 1. The van der Waals surface area contributed by atoms with Crippen molar-refractivity contribution in [2.75, 3.05) is 5.73 Å². The van der Waals surface area contributed by atoms with E-state index in [0.29, 0.717) is 18.7 Å². The van der Waals surface area contributed by atoms with E-state index in [-0.39, 0.29) is 5.91 Å². The van der Waals surface area contributed by atoms with Crippen LogP contribution in [0.5, 0.6) is 0 Å². The second-order valence-corrected chi connectivity index (χ2v) is 5.12. The van der Waals surface area contributed by atoms with Crippen LogP contribution in [0.4, 0.5) is 5.69 Å². The normalized spacial score (nSPS) is 10.3. The van der Waals surface area contributed by atoms with Crippen molar-refractivity contribution in [3.05, 3.63) is 64.7 Å². The van der Waals surface area contributed by atoms with Crippen LogP contribution < -0.4 is 11.1 Å². The highest BCUT2D eigenvalue weighted by atomic mass is 16.1. The predicted molar refractivity (Wildman–Crippen MR) is 82.3 cm³/mol. The summed E-state index contributed by atoms with van der Waals surface area (Å²) in [6.07, 6.45) is 0.406. The fraction of sp³-hybridized carbons (Fsp3) is 0.235. The van der Waals surface area contributed by atoms with E-state index in [9.17, 15) is 4.79 Å². The molecule has 0 atom stereocenters. The van der Waals surface area contributed by atoms with Gasteiger partial charge in [0.25, 0.3) is 0 Å². The maximum absolute atomic E-state index is 11.9. The maximum atomic E-state index is 11.9. The lowest BCUT2D eigenvalue weighted by Crippen LogP contribution is -2.24. The van der Waals surface area contributed by atoms with Crippen molar-refractivity contribution in [3.63, 3.8) is 0 Å². The van der Waals surface area contributed by atoms with Crippen LogP contribution in [-0.4, -0.2) is 5.91 Å². The van der Waals surface area contributed by atoms with Gasteiger partial charge in [0.05, 0.1) is 6.42 Å². The number of nitrogen functional groups attached to an aromatic ring is 1. The lowest BCUT2D eigenvalue weighted by Gasteiger charge is -2.07. The lowest BCUT2D eigenvalue weighted by atomic mass is 10.0. The summed E-state index contributed by atoms with van der Waals surface area (Å²) in [5, 5.41) is 2.91. The number of anilines is 1. The molecule has 3 heteroatoms. The first kappa shape index (κ1) is 14.1. The molecule has 0 bridgehead atoms. The summed E-state index contributed by atoms with van der Waals surface area (Å²) in [5.41, 5.74) is 10.9. The first-order valence-corrected chi connectivity index (χ1v) is 6.72. The van der Waals surface area contributed by atoms with Gasteiger partial charge in [0.1, 0.15) is 0 Å². The van der Waals surface area contributed by atoms with Gasteiger partial charge in [-0.25, -0.2) is 0 Å². The molecule has 3 N–H and O–H groups in total. The van der Waals surface area contributed by atoms with E-state index in [1.165, 1.54) is 11.1 Å². The molecule has 0 heterocycles. The Morgan fingerprint density at radius 1 is 1.05 bits per heavy atom. The summed E-state index contributed by atoms with van der Waals surface area (Å²) in [7, 11) is 0. The molecule has 0 saturated carbocycles. The van der Waals surface area contributed by atoms with Crippen LogP contribution in [-0.2, 0) is 17.8 Å². The van der Waals surface area contributed by atoms with E-state index in [4.69, 9.17) is 5.73 Å². The molecule has 3 nitrogen and oxygen atoms in total. The van der Waals surface area contributed by atoms with Gasteiger partial charge in [-0.15, -0.1) is 0 Å². The number of benzene rings is 2. The number of amides is 1. The monoisotopic (exact) mass is 268 g/mol. The van der Waals surface area contributed by atoms with Crippen molar-refractivity contribution < 1.29 is 4.79 Å². The summed E-state index contributed by atoms with van der Waals surface area (Å²) in [6, 6.07) is 13.7. The van der Waals surface area contributed by atoms with Gasteiger partial charge >= 0.3 is 0 Å². The van der Waals surface area contributed by atoms with Gasteiger partial charge in [0, 0.05) is 12.2 Å². The Bertz CT molecular complexity index is 620. The van der Waals surface area contributed by atoms with E-state index in [1.54, 1.807) is 0 Å². The van der Waals surface area contributed by atoms with Crippen molar-refractivity contribution in [1.29, 1.82) is 0 Å². The Labute approximate surface area is 119 Å². The quantitative estimate of drug-likeness (QED) is 0.838. The molecule has 20 heavy (non-hydrogen) atoms. The molecule has 2 aromatic carbocycles. The first-order chi connectivity index (χ1) is 9.54. The van der Waals surface area contributed by atoms with Crippen LogP contribution in [0.1, 0.15) is 22.3 Å². The largest absolute Gasteiger partial charge is 0.399 e. The number of rotatable bonds is 4. The molecule has 0 aliphatic heterocycles. The zero-order valence-corrected chi connectivity index (χ0v) is 11.9. The smallest absolute Gasteiger partial charge is 0.224 e. The van der Waals surface area contributed by atoms with E-state index in [2.05, 4.69) is 31.3 Å². The van der Waals surface area contributed by atoms with Crippen LogP contribution in [0.3, 0.4) is 0 Å². The Morgan fingerprint density at radius 3 is 2.55 bits per heavy atom. The molecular weight excluding hydrogens is 248 g/mol. The third kappa shape index (κ3) is 3.85. The standard InChI is InChI=1S/C17H20N2O/c1-12-6-7-14(8-13(12)2)10-17(20)19-11-15-4-3-5-16(18)9-15/h3-9H,10-11,18H2,1-2H3,(H,19,20). The number of carbonyl (C=O) groups is 1. The highest BCUT2D eigenvalue weighted by molar-refractivity contribution is 5.78. The Hall–Kier alpha value is -2.29. The summed E-state index contributed by atoms with van der Waals surface area (Å²) < 4.78 is 0. The minimum absolute atomic E-state index is 0.0238. The highest BCUT2D eigenvalue weighted by Gasteiger charge is 2.04. The molecule has 0 radical (unpaired) electrons. The third-order valence-electron chi connectivity index (χ3n) is 3.38. The summed E-state index contributed by atoms with van der Waals surface area (Å²) in [4.78, 5) is 11.9. The average molecular weight is 268 g/mol. The van der Waals surface area contributed by atoms with Gasteiger partial charge in [-0.2, -0.15) is 0 Å². The number of carbonyl (C=O) groups excluding carboxylic acids is 1. The van der Waals surface area contributed by atoms with E-state index < -0.39 is 0 Å². The fourth-order valence-corrected chi connectivity index (χ4v) is 2.07. The van der Waals surface area contributed by atoms with E-state index >= 15 is 0 Å². The minimum atomic E-state index is 0.0238. The topological polar surface area (TPSA) is 55.1 Å². The molecule has 104 valence electrons. The molecule has 0 spiro atoms. The Kier molecular flexibility index (Phi) is 4.41. The molecule has 2 rings (SSSR count). The first-order valence-electron chi connectivity index (χ1n) is 6.72. The van der Waals surface area contributed by atoms with Crippen molar-refractivity contribution >= 4 is 11.6 Å². The van der Waals surface area contributed by atoms with Gasteiger partial charge in [-0.05, 0) is 48.2 Å². The summed E-state index contributed by atoms with van der Waals surface area (Å²) in [5.74, 6) is 0.0238. The fourth-order valence-electron chi connectivity index (χ4n) is 2.07. The van der Waals surface area contributed by atoms with E-state index in [1.807, 2.05) is 30.3 Å². The van der Waals surface area contributed by atoms with Gasteiger partial charge in [0.15, 0.2) is 0 Å². The van der Waals surface area contributed by atoms with Crippen molar-refractivity contribution in [2.24, 2.45) is 0 Å². The average Bonchev–Trinajstić information content (AvgIpc) is 2.41. The number of hydrogen-bond donors (Lipinski definition) is 2.